The van der Waals surface area contributed by atoms with Crippen LogP contribution >= 0.6 is 0 Å². The summed E-state index contributed by atoms with van der Waals surface area (Å²) in [4.78, 5) is 4.69. The molecule has 9 rings (SSSR count). The summed E-state index contributed by atoms with van der Waals surface area (Å²) in [5.74, 6) is 0. The van der Waals surface area contributed by atoms with Gasteiger partial charge in [-0.2, -0.15) is 0 Å². The summed E-state index contributed by atoms with van der Waals surface area (Å²) in [5.41, 5.74) is 13.6. The Hall–Kier alpha value is -6.12. The lowest BCUT2D eigenvalue weighted by Gasteiger charge is -2.26. The SMILES string of the molecule is Cc1c2c(cc3cc(N(c4ccccc4)c4ccccc4)ccc13)C(C)(C)c1cc3cc(N(c4ccccc4)c4ccccc4)ccc3cc1-2. The molecular weight excluding hydrogens is 605 g/mol. The molecule has 2 heteroatoms. The first-order chi connectivity index (χ1) is 24.5. The molecule has 0 heterocycles. The van der Waals surface area contributed by atoms with Gasteiger partial charge in [-0.15, -0.1) is 0 Å². The molecule has 0 radical (unpaired) electrons. The molecule has 2 nitrogen and oxygen atoms in total. The van der Waals surface area contributed by atoms with Gasteiger partial charge in [-0.1, -0.05) is 98.8 Å². The molecule has 0 unspecified atom stereocenters. The smallest absolute Gasteiger partial charge is 0.0468 e. The Morgan fingerprint density at radius 3 is 1.32 bits per heavy atom. The van der Waals surface area contributed by atoms with Crippen LogP contribution < -0.4 is 9.80 Å². The van der Waals surface area contributed by atoms with E-state index in [9.17, 15) is 0 Å². The molecule has 8 aromatic rings. The molecular formula is C48H38N2. The molecule has 0 aliphatic heterocycles. The third kappa shape index (κ3) is 4.87. The zero-order chi connectivity index (χ0) is 33.8. The van der Waals surface area contributed by atoms with Crippen molar-refractivity contribution in [2.24, 2.45) is 0 Å². The van der Waals surface area contributed by atoms with E-state index in [1.807, 2.05) is 0 Å². The van der Waals surface area contributed by atoms with Crippen molar-refractivity contribution in [2.45, 2.75) is 26.2 Å². The van der Waals surface area contributed by atoms with Crippen molar-refractivity contribution in [3.8, 4) is 11.1 Å². The van der Waals surface area contributed by atoms with E-state index in [0.29, 0.717) is 0 Å². The number of fused-ring (bicyclic) bond motifs is 5. The average molecular weight is 643 g/mol. The Balaban J connectivity index is 1.17. The van der Waals surface area contributed by atoms with Crippen LogP contribution in [0.1, 0.15) is 30.5 Å². The fourth-order valence-corrected chi connectivity index (χ4v) is 8.05. The molecule has 0 aromatic heterocycles. The van der Waals surface area contributed by atoms with Crippen LogP contribution in [0, 0.1) is 6.92 Å². The molecule has 0 saturated heterocycles. The van der Waals surface area contributed by atoms with Crippen LogP contribution in [0.2, 0.25) is 0 Å². The van der Waals surface area contributed by atoms with Crippen LogP contribution in [0.4, 0.5) is 34.1 Å². The van der Waals surface area contributed by atoms with Crippen LogP contribution in [0.5, 0.6) is 0 Å². The van der Waals surface area contributed by atoms with Gasteiger partial charge in [0.2, 0.25) is 0 Å². The van der Waals surface area contributed by atoms with E-state index in [4.69, 9.17) is 0 Å². The number of rotatable bonds is 6. The van der Waals surface area contributed by atoms with E-state index in [1.165, 1.54) is 49.4 Å². The van der Waals surface area contributed by atoms with Gasteiger partial charge in [0.1, 0.15) is 0 Å². The van der Waals surface area contributed by atoms with E-state index in [0.717, 1.165) is 34.1 Å². The van der Waals surface area contributed by atoms with Crippen LogP contribution in [0.25, 0.3) is 32.7 Å². The maximum atomic E-state index is 2.46. The number of anilines is 6. The van der Waals surface area contributed by atoms with Gasteiger partial charge in [0.25, 0.3) is 0 Å². The van der Waals surface area contributed by atoms with Gasteiger partial charge in [0.15, 0.2) is 0 Å². The first-order valence-corrected chi connectivity index (χ1v) is 17.4. The third-order valence-corrected chi connectivity index (χ3v) is 10.5. The van der Waals surface area contributed by atoms with E-state index in [1.54, 1.807) is 0 Å². The molecule has 240 valence electrons. The predicted molar refractivity (Wildman–Crippen MR) is 213 cm³/mol. The van der Waals surface area contributed by atoms with Gasteiger partial charge in [-0.3, -0.25) is 0 Å². The van der Waals surface area contributed by atoms with Crippen molar-refractivity contribution in [2.75, 3.05) is 9.80 Å². The van der Waals surface area contributed by atoms with Crippen LogP contribution in [-0.4, -0.2) is 0 Å². The highest BCUT2D eigenvalue weighted by Crippen LogP contribution is 2.53. The molecule has 1 aliphatic carbocycles. The Morgan fingerprint density at radius 1 is 0.380 bits per heavy atom. The monoisotopic (exact) mass is 642 g/mol. The van der Waals surface area contributed by atoms with E-state index < -0.39 is 0 Å². The van der Waals surface area contributed by atoms with Gasteiger partial charge in [-0.05, 0) is 147 Å². The van der Waals surface area contributed by atoms with Crippen molar-refractivity contribution in [1.29, 1.82) is 0 Å². The van der Waals surface area contributed by atoms with Crippen LogP contribution in [0.3, 0.4) is 0 Å². The third-order valence-electron chi connectivity index (χ3n) is 10.5. The molecule has 1 aliphatic rings. The quantitative estimate of drug-likeness (QED) is 0.178. The first-order valence-electron chi connectivity index (χ1n) is 17.4. The van der Waals surface area contributed by atoms with Gasteiger partial charge in [0.05, 0.1) is 0 Å². The largest absolute Gasteiger partial charge is 0.310 e. The summed E-state index contributed by atoms with van der Waals surface area (Å²) in [7, 11) is 0. The maximum Gasteiger partial charge on any atom is 0.0468 e. The molecule has 0 saturated carbocycles. The summed E-state index contributed by atoms with van der Waals surface area (Å²) >= 11 is 0. The average Bonchev–Trinajstić information content (AvgIpc) is 3.37. The fourth-order valence-electron chi connectivity index (χ4n) is 8.05. The van der Waals surface area contributed by atoms with E-state index >= 15 is 0 Å². The summed E-state index contributed by atoms with van der Waals surface area (Å²) in [5, 5.41) is 5.08. The zero-order valence-electron chi connectivity index (χ0n) is 28.6. The molecule has 0 atom stereocenters. The number of benzene rings is 8. The van der Waals surface area contributed by atoms with Gasteiger partial charge < -0.3 is 9.80 Å². The molecule has 0 amide bonds. The lowest BCUT2D eigenvalue weighted by Crippen LogP contribution is -2.15. The molecule has 0 fully saturated rings. The number of hydrogen-bond donors (Lipinski definition) is 0. The zero-order valence-corrected chi connectivity index (χ0v) is 28.6. The minimum absolute atomic E-state index is 0.152. The van der Waals surface area contributed by atoms with Gasteiger partial charge in [-0.25, -0.2) is 0 Å². The van der Waals surface area contributed by atoms with Crippen LogP contribution in [0.15, 0.2) is 176 Å². The number of aryl methyl sites for hydroxylation is 1. The normalized spacial score (nSPS) is 12.9. The Bertz CT molecular complexity index is 2420. The maximum absolute atomic E-state index is 2.46. The Morgan fingerprint density at radius 2 is 0.820 bits per heavy atom. The molecule has 0 spiro atoms. The first kappa shape index (κ1) is 30.0. The van der Waals surface area contributed by atoms with E-state index in [-0.39, 0.29) is 5.41 Å². The molecule has 0 bridgehead atoms. The second-order valence-corrected chi connectivity index (χ2v) is 13.9. The van der Waals surface area contributed by atoms with Crippen molar-refractivity contribution < 1.29 is 0 Å². The molecule has 0 N–H and O–H groups in total. The number of para-hydroxylation sites is 4. The topological polar surface area (TPSA) is 6.48 Å². The van der Waals surface area contributed by atoms with Crippen molar-refractivity contribution in [3.63, 3.8) is 0 Å². The second kappa shape index (κ2) is 11.8. The van der Waals surface area contributed by atoms with Crippen molar-refractivity contribution in [3.05, 3.63) is 193 Å². The number of nitrogens with zero attached hydrogens (tertiary/aromatic N) is 2. The van der Waals surface area contributed by atoms with Crippen molar-refractivity contribution in [1.82, 2.24) is 0 Å². The minimum atomic E-state index is -0.152. The lowest BCUT2D eigenvalue weighted by atomic mass is 9.81. The van der Waals surface area contributed by atoms with Crippen LogP contribution in [-0.2, 0) is 5.41 Å². The van der Waals surface area contributed by atoms with E-state index in [2.05, 4.69) is 206 Å². The minimum Gasteiger partial charge on any atom is -0.310 e. The second-order valence-electron chi connectivity index (χ2n) is 13.9. The van der Waals surface area contributed by atoms with Crippen molar-refractivity contribution >= 4 is 55.7 Å². The van der Waals surface area contributed by atoms with Gasteiger partial charge in [0, 0.05) is 39.5 Å². The Labute approximate surface area is 294 Å². The Kier molecular flexibility index (Phi) is 7.07. The summed E-state index contributed by atoms with van der Waals surface area (Å²) in [6, 6.07) is 63.8. The standard InChI is InChI=1S/C48H38N2/c1-33-43-27-26-42(50(39-20-12-6-13-21-39)40-22-14-7-15-23-40)29-36(43)32-46-47(33)44-30-34-24-25-41(28-35(34)31-45(44)48(46,2)3)49(37-16-8-4-9-17-37)38-18-10-5-11-19-38/h4-32H,1-3H3. The fraction of sp³-hybridized carbons (Fsp3) is 0.0833. The lowest BCUT2D eigenvalue weighted by molar-refractivity contribution is 0.662. The highest BCUT2D eigenvalue weighted by Gasteiger charge is 2.37. The number of hydrogen-bond acceptors (Lipinski definition) is 2. The summed E-state index contributed by atoms with van der Waals surface area (Å²) < 4.78 is 0. The highest BCUT2D eigenvalue weighted by atomic mass is 15.1. The predicted octanol–water partition coefficient (Wildman–Crippen LogP) is 13.5. The molecule has 50 heavy (non-hydrogen) atoms. The van der Waals surface area contributed by atoms with Gasteiger partial charge >= 0.3 is 0 Å². The summed E-state index contributed by atoms with van der Waals surface area (Å²) in [6.45, 7) is 7.09. The molecule has 8 aromatic carbocycles. The summed E-state index contributed by atoms with van der Waals surface area (Å²) in [6.07, 6.45) is 0. The highest BCUT2D eigenvalue weighted by molar-refractivity contribution is 6.02.